The zero-order valence-electron chi connectivity index (χ0n) is 11.9. The number of anilines is 1. The number of hydrazone groups is 1. The van der Waals surface area contributed by atoms with Gasteiger partial charge in [-0.1, -0.05) is 24.3 Å². The maximum Gasteiger partial charge on any atom is 0.273 e. The Morgan fingerprint density at radius 3 is 2.33 bits per heavy atom. The number of para-hydroxylation sites is 2. The molecule has 21 heavy (non-hydrogen) atoms. The lowest BCUT2D eigenvalue weighted by atomic mass is 10.1. The van der Waals surface area contributed by atoms with Gasteiger partial charge in [0, 0.05) is 18.3 Å². The van der Waals surface area contributed by atoms with Crippen LogP contribution in [0.1, 0.15) is 22.8 Å². The number of phenols is 1. The SMILES string of the molecule is CNc1ccccc1C(=O)NN=C(C)c1ccccc1O. The molecule has 1 amide bonds. The Balaban J connectivity index is 2.17. The molecule has 2 aromatic carbocycles. The van der Waals surface area contributed by atoms with Crippen LogP contribution in [-0.4, -0.2) is 23.8 Å². The third kappa shape index (κ3) is 3.39. The average molecular weight is 283 g/mol. The highest BCUT2D eigenvalue weighted by atomic mass is 16.3. The van der Waals surface area contributed by atoms with Gasteiger partial charge in [-0.2, -0.15) is 5.10 Å². The zero-order chi connectivity index (χ0) is 15.2. The van der Waals surface area contributed by atoms with Crippen molar-refractivity contribution in [3.63, 3.8) is 0 Å². The number of nitrogens with one attached hydrogen (secondary N) is 2. The molecule has 0 atom stereocenters. The molecule has 2 rings (SSSR count). The van der Waals surface area contributed by atoms with Crippen LogP contribution in [0.25, 0.3) is 0 Å². The minimum atomic E-state index is -0.310. The number of phenolic OH excluding ortho intramolecular Hbond substituents is 1. The minimum Gasteiger partial charge on any atom is -0.507 e. The van der Waals surface area contributed by atoms with Gasteiger partial charge < -0.3 is 10.4 Å². The van der Waals surface area contributed by atoms with E-state index in [0.29, 0.717) is 16.8 Å². The number of hydrogen-bond donors (Lipinski definition) is 3. The topological polar surface area (TPSA) is 73.7 Å². The van der Waals surface area contributed by atoms with Crippen LogP contribution in [0.15, 0.2) is 53.6 Å². The summed E-state index contributed by atoms with van der Waals surface area (Å²) in [5, 5.41) is 16.7. The van der Waals surface area contributed by atoms with E-state index in [1.807, 2.05) is 12.1 Å². The smallest absolute Gasteiger partial charge is 0.273 e. The van der Waals surface area contributed by atoms with E-state index in [1.54, 1.807) is 50.4 Å². The number of nitrogens with zero attached hydrogens (tertiary/aromatic N) is 1. The predicted molar refractivity (Wildman–Crippen MR) is 83.8 cm³/mol. The van der Waals surface area contributed by atoms with Gasteiger partial charge in [-0.3, -0.25) is 4.79 Å². The standard InChI is InChI=1S/C16H17N3O2/c1-11(12-7-4-6-10-15(12)20)18-19-16(21)13-8-3-5-9-14(13)17-2/h3-10,17,20H,1-2H3,(H,19,21). The minimum absolute atomic E-state index is 0.128. The van der Waals surface area contributed by atoms with Gasteiger partial charge in [0.1, 0.15) is 5.75 Å². The summed E-state index contributed by atoms with van der Waals surface area (Å²) < 4.78 is 0. The zero-order valence-corrected chi connectivity index (χ0v) is 11.9. The van der Waals surface area contributed by atoms with Gasteiger partial charge in [0.15, 0.2) is 0 Å². The molecule has 2 aromatic rings. The van der Waals surface area contributed by atoms with E-state index in [2.05, 4.69) is 15.8 Å². The highest BCUT2D eigenvalue weighted by molar-refractivity contribution is 6.03. The van der Waals surface area contributed by atoms with Crippen molar-refractivity contribution in [1.82, 2.24) is 5.43 Å². The van der Waals surface area contributed by atoms with Crippen molar-refractivity contribution in [2.24, 2.45) is 5.10 Å². The summed E-state index contributed by atoms with van der Waals surface area (Å²) in [7, 11) is 1.75. The van der Waals surface area contributed by atoms with Crippen molar-refractivity contribution in [3.05, 3.63) is 59.7 Å². The second-order valence-electron chi connectivity index (χ2n) is 4.45. The normalized spacial score (nSPS) is 11.0. The first kappa shape index (κ1) is 14.6. The van der Waals surface area contributed by atoms with Crippen LogP contribution in [0.5, 0.6) is 5.75 Å². The van der Waals surface area contributed by atoms with E-state index in [0.717, 1.165) is 5.69 Å². The van der Waals surface area contributed by atoms with E-state index in [-0.39, 0.29) is 11.7 Å². The van der Waals surface area contributed by atoms with Crippen LogP contribution in [-0.2, 0) is 0 Å². The van der Waals surface area contributed by atoms with Crippen molar-refractivity contribution in [2.45, 2.75) is 6.92 Å². The van der Waals surface area contributed by atoms with Crippen LogP contribution in [0.4, 0.5) is 5.69 Å². The van der Waals surface area contributed by atoms with Gasteiger partial charge in [0.2, 0.25) is 0 Å². The summed E-state index contributed by atoms with van der Waals surface area (Å²) in [6.45, 7) is 1.72. The molecule has 0 aromatic heterocycles. The molecule has 0 unspecified atom stereocenters. The Bertz CT molecular complexity index is 681. The summed E-state index contributed by atoms with van der Waals surface area (Å²) in [6, 6.07) is 14.0. The van der Waals surface area contributed by atoms with Crippen LogP contribution < -0.4 is 10.7 Å². The number of rotatable bonds is 4. The fraction of sp³-hybridized carbons (Fsp3) is 0.125. The lowest BCUT2D eigenvalue weighted by Gasteiger charge is -2.08. The number of benzene rings is 2. The second kappa shape index (κ2) is 6.56. The van der Waals surface area contributed by atoms with E-state index >= 15 is 0 Å². The Hall–Kier alpha value is -2.82. The van der Waals surface area contributed by atoms with Gasteiger partial charge in [0.25, 0.3) is 5.91 Å². The van der Waals surface area contributed by atoms with Crippen molar-refractivity contribution >= 4 is 17.3 Å². The van der Waals surface area contributed by atoms with Crippen molar-refractivity contribution < 1.29 is 9.90 Å². The van der Waals surface area contributed by atoms with Gasteiger partial charge in [-0.05, 0) is 31.2 Å². The number of carbonyl (C=O) groups is 1. The number of carbonyl (C=O) groups excluding carboxylic acids is 1. The molecule has 0 saturated heterocycles. The molecular weight excluding hydrogens is 266 g/mol. The third-order valence-electron chi connectivity index (χ3n) is 3.06. The molecule has 108 valence electrons. The Labute approximate surface area is 123 Å². The quantitative estimate of drug-likeness (QED) is 0.596. The predicted octanol–water partition coefficient (Wildman–Crippen LogP) is 2.59. The first-order valence-electron chi connectivity index (χ1n) is 6.53. The number of aromatic hydroxyl groups is 1. The molecule has 0 spiro atoms. The van der Waals surface area contributed by atoms with E-state index < -0.39 is 0 Å². The fourth-order valence-electron chi connectivity index (χ4n) is 1.93. The summed E-state index contributed by atoms with van der Waals surface area (Å²) in [6.07, 6.45) is 0. The van der Waals surface area contributed by atoms with Gasteiger partial charge in [-0.25, -0.2) is 5.43 Å². The van der Waals surface area contributed by atoms with Crippen LogP contribution in [0.2, 0.25) is 0 Å². The third-order valence-corrected chi connectivity index (χ3v) is 3.06. The van der Waals surface area contributed by atoms with E-state index in [1.165, 1.54) is 0 Å². The molecule has 0 aliphatic carbocycles. The number of hydrogen-bond acceptors (Lipinski definition) is 4. The molecule has 5 nitrogen and oxygen atoms in total. The summed E-state index contributed by atoms with van der Waals surface area (Å²) >= 11 is 0. The highest BCUT2D eigenvalue weighted by Crippen LogP contribution is 2.17. The summed E-state index contributed by atoms with van der Waals surface area (Å²) in [4.78, 5) is 12.1. The van der Waals surface area contributed by atoms with Gasteiger partial charge in [0.05, 0.1) is 11.3 Å². The van der Waals surface area contributed by atoms with E-state index in [9.17, 15) is 9.90 Å². The summed E-state index contributed by atoms with van der Waals surface area (Å²) in [5.41, 5.74) is 4.85. The Morgan fingerprint density at radius 2 is 1.67 bits per heavy atom. The molecule has 0 fully saturated rings. The molecule has 3 N–H and O–H groups in total. The first-order chi connectivity index (χ1) is 10.1. The van der Waals surface area contributed by atoms with Crippen LogP contribution >= 0.6 is 0 Å². The van der Waals surface area contributed by atoms with Crippen molar-refractivity contribution in [3.8, 4) is 5.75 Å². The Morgan fingerprint density at radius 1 is 1.05 bits per heavy atom. The molecule has 0 bridgehead atoms. The highest BCUT2D eigenvalue weighted by Gasteiger charge is 2.10. The van der Waals surface area contributed by atoms with Gasteiger partial charge >= 0.3 is 0 Å². The average Bonchev–Trinajstić information content (AvgIpc) is 2.52. The lowest BCUT2D eigenvalue weighted by molar-refractivity contribution is 0.0955. The molecule has 0 radical (unpaired) electrons. The number of amides is 1. The fourth-order valence-corrected chi connectivity index (χ4v) is 1.93. The maximum atomic E-state index is 12.1. The molecular formula is C16H17N3O2. The monoisotopic (exact) mass is 283 g/mol. The van der Waals surface area contributed by atoms with E-state index in [4.69, 9.17) is 0 Å². The Kier molecular flexibility index (Phi) is 4.56. The second-order valence-corrected chi connectivity index (χ2v) is 4.45. The maximum absolute atomic E-state index is 12.1. The molecule has 0 aliphatic rings. The van der Waals surface area contributed by atoms with Crippen LogP contribution in [0.3, 0.4) is 0 Å². The lowest BCUT2D eigenvalue weighted by Crippen LogP contribution is -2.20. The van der Waals surface area contributed by atoms with Gasteiger partial charge in [-0.15, -0.1) is 0 Å². The largest absolute Gasteiger partial charge is 0.507 e. The molecule has 5 heteroatoms. The summed E-state index contributed by atoms with van der Waals surface area (Å²) in [5.74, 6) is -0.182. The molecule has 0 aliphatic heterocycles. The van der Waals surface area contributed by atoms with Crippen molar-refractivity contribution in [2.75, 3.05) is 12.4 Å². The van der Waals surface area contributed by atoms with Crippen molar-refractivity contribution in [1.29, 1.82) is 0 Å². The molecule has 0 saturated carbocycles. The first-order valence-corrected chi connectivity index (χ1v) is 6.53. The molecule has 0 heterocycles. The van der Waals surface area contributed by atoms with Crippen LogP contribution in [0, 0.1) is 0 Å².